The Labute approximate surface area is 121 Å². The molecule has 3 rings (SSSR count). The second-order valence-corrected chi connectivity index (χ2v) is 4.75. The number of para-hydroxylation sites is 1. The van der Waals surface area contributed by atoms with Crippen molar-refractivity contribution in [3.8, 4) is 16.9 Å². The first-order valence-electron chi connectivity index (χ1n) is 6.58. The molecule has 0 bridgehead atoms. The fraction of sp³-hybridized carbons (Fsp3) is 0.125. The van der Waals surface area contributed by atoms with E-state index in [9.17, 15) is 9.50 Å². The molecule has 0 saturated carbocycles. The maximum absolute atomic E-state index is 13.5. The summed E-state index contributed by atoms with van der Waals surface area (Å²) >= 11 is 0. The third kappa shape index (κ3) is 2.43. The number of nitrogens with zero attached hydrogens (tertiary/aromatic N) is 3. The van der Waals surface area contributed by atoms with Crippen LogP contribution in [-0.2, 0) is 6.61 Å². The molecule has 0 amide bonds. The van der Waals surface area contributed by atoms with E-state index < -0.39 is 0 Å². The SMILES string of the molecule is Cc1ccccc1-n1nnc(CO)c1-c1cccc(F)c1. The van der Waals surface area contributed by atoms with Crippen LogP contribution in [0.3, 0.4) is 0 Å². The molecule has 0 atom stereocenters. The predicted molar refractivity (Wildman–Crippen MR) is 77.4 cm³/mol. The third-order valence-electron chi connectivity index (χ3n) is 3.33. The van der Waals surface area contributed by atoms with Crippen LogP contribution >= 0.6 is 0 Å². The van der Waals surface area contributed by atoms with Gasteiger partial charge in [0.2, 0.25) is 0 Å². The third-order valence-corrected chi connectivity index (χ3v) is 3.33. The smallest absolute Gasteiger partial charge is 0.123 e. The molecule has 21 heavy (non-hydrogen) atoms. The largest absolute Gasteiger partial charge is 0.390 e. The minimum Gasteiger partial charge on any atom is -0.390 e. The van der Waals surface area contributed by atoms with E-state index in [-0.39, 0.29) is 12.4 Å². The molecule has 106 valence electrons. The van der Waals surface area contributed by atoms with Gasteiger partial charge in [0.25, 0.3) is 0 Å². The van der Waals surface area contributed by atoms with Gasteiger partial charge in [0, 0.05) is 5.56 Å². The molecule has 3 aromatic rings. The standard InChI is InChI=1S/C16H14FN3O/c1-11-5-2-3-8-15(11)20-16(14(10-21)18-19-20)12-6-4-7-13(17)9-12/h2-9,21H,10H2,1H3. The van der Waals surface area contributed by atoms with Gasteiger partial charge < -0.3 is 5.11 Å². The van der Waals surface area contributed by atoms with Crippen molar-refractivity contribution in [2.45, 2.75) is 13.5 Å². The van der Waals surface area contributed by atoms with Gasteiger partial charge in [-0.1, -0.05) is 35.5 Å². The highest BCUT2D eigenvalue weighted by Gasteiger charge is 2.17. The highest BCUT2D eigenvalue weighted by atomic mass is 19.1. The highest BCUT2D eigenvalue weighted by molar-refractivity contribution is 5.64. The number of aliphatic hydroxyl groups excluding tert-OH is 1. The first-order valence-corrected chi connectivity index (χ1v) is 6.58. The minimum atomic E-state index is -0.339. The zero-order valence-electron chi connectivity index (χ0n) is 11.5. The Balaban J connectivity index is 2.24. The van der Waals surface area contributed by atoms with Gasteiger partial charge in [-0.2, -0.15) is 0 Å². The Hall–Kier alpha value is -2.53. The van der Waals surface area contributed by atoms with E-state index >= 15 is 0 Å². The molecule has 0 spiro atoms. The summed E-state index contributed by atoms with van der Waals surface area (Å²) in [6, 6.07) is 13.9. The summed E-state index contributed by atoms with van der Waals surface area (Å²) in [4.78, 5) is 0. The molecule has 0 aliphatic carbocycles. The Bertz CT molecular complexity index is 783. The summed E-state index contributed by atoms with van der Waals surface area (Å²) in [6.07, 6.45) is 0. The van der Waals surface area contributed by atoms with Gasteiger partial charge in [-0.3, -0.25) is 0 Å². The van der Waals surface area contributed by atoms with E-state index in [2.05, 4.69) is 10.3 Å². The van der Waals surface area contributed by atoms with Crippen LogP contribution in [0.1, 0.15) is 11.3 Å². The van der Waals surface area contributed by atoms with Gasteiger partial charge in [0.05, 0.1) is 12.3 Å². The Morgan fingerprint density at radius 1 is 1.14 bits per heavy atom. The van der Waals surface area contributed by atoms with Gasteiger partial charge in [-0.15, -0.1) is 5.10 Å². The first-order chi connectivity index (χ1) is 10.2. The normalized spacial score (nSPS) is 10.8. The quantitative estimate of drug-likeness (QED) is 0.804. The molecule has 0 fully saturated rings. The number of aryl methyl sites for hydroxylation is 1. The van der Waals surface area contributed by atoms with Crippen LogP contribution in [-0.4, -0.2) is 20.1 Å². The number of halogens is 1. The lowest BCUT2D eigenvalue weighted by molar-refractivity contribution is 0.277. The van der Waals surface area contributed by atoms with Crippen LogP contribution in [0, 0.1) is 12.7 Å². The summed E-state index contributed by atoms with van der Waals surface area (Å²) in [6.45, 7) is 1.71. The summed E-state index contributed by atoms with van der Waals surface area (Å²) < 4.78 is 15.1. The molecule has 5 heteroatoms. The predicted octanol–water partition coefficient (Wildman–Crippen LogP) is 2.87. The maximum atomic E-state index is 13.5. The van der Waals surface area contributed by atoms with Crippen molar-refractivity contribution in [2.75, 3.05) is 0 Å². The average Bonchev–Trinajstić information content (AvgIpc) is 2.91. The monoisotopic (exact) mass is 283 g/mol. The van der Waals surface area contributed by atoms with Gasteiger partial charge >= 0.3 is 0 Å². The van der Waals surface area contributed by atoms with E-state index in [0.29, 0.717) is 17.0 Å². The van der Waals surface area contributed by atoms with Crippen molar-refractivity contribution in [2.24, 2.45) is 0 Å². The van der Waals surface area contributed by atoms with Crippen LogP contribution in [0.15, 0.2) is 48.5 Å². The summed E-state index contributed by atoms with van der Waals surface area (Å²) in [5, 5.41) is 17.6. The second-order valence-electron chi connectivity index (χ2n) is 4.75. The molecule has 1 heterocycles. The van der Waals surface area contributed by atoms with Crippen molar-refractivity contribution in [1.29, 1.82) is 0 Å². The first kappa shape index (κ1) is 13.5. The number of rotatable bonds is 3. The Morgan fingerprint density at radius 3 is 2.67 bits per heavy atom. The second kappa shape index (κ2) is 5.46. The van der Waals surface area contributed by atoms with E-state index in [4.69, 9.17) is 0 Å². The fourth-order valence-corrected chi connectivity index (χ4v) is 2.31. The van der Waals surface area contributed by atoms with Crippen LogP contribution < -0.4 is 0 Å². The lowest BCUT2D eigenvalue weighted by atomic mass is 10.1. The van der Waals surface area contributed by atoms with Crippen molar-refractivity contribution in [1.82, 2.24) is 15.0 Å². The molecule has 0 radical (unpaired) electrons. The fourth-order valence-electron chi connectivity index (χ4n) is 2.31. The molecule has 4 nitrogen and oxygen atoms in total. The van der Waals surface area contributed by atoms with Crippen LogP contribution in [0.2, 0.25) is 0 Å². The number of benzene rings is 2. The van der Waals surface area contributed by atoms with E-state index in [1.165, 1.54) is 12.1 Å². The zero-order chi connectivity index (χ0) is 14.8. The molecular weight excluding hydrogens is 269 g/mol. The van der Waals surface area contributed by atoms with Gasteiger partial charge in [0.15, 0.2) is 0 Å². The molecule has 1 aromatic heterocycles. The van der Waals surface area contributed by atoms with E-state index in [1.54, 1.807) is 16.8 Å². The molecule has 0 aliphatic rings. The molecule has 0 aliphatic heterocycles. The molecule has 2 aromatic carbocycles. The van der Waals surface area contributed by atoms with Crippen LogP contribution in [0.4, 0.5) is 4.39 Å². The van der Waals surface area contributed by atoms with Crippen molar-refractivity contribution in [3.05, 3.63) is 65.6 Å². The Kier molecular flexibility index (Phi) is 3.50. The number of aliphatic hydroxyl groups is 1. The van der Waals surface area contributed by atoms with Crippen molar-refractivity contribution in [3.63, 3.8) is 0 Å². The number of aromatic nitrogens is 3. The van der Waals surface area contributed by atoms with Gasteiger partial charge in [0.1, 0.15) is 17.2 Å². The molecule has 0 unspecified atom stereocenters. The minimum absolute atomic E-state index is 0.252. The number of hydrogen-bond acceptors (Lipinski definition) is 3. The van der Waals surface area contributed by atoms with Crippen LogP contribution in [0.5, 0.6) is 0 Å². The Morgan fingerprint density at radius 2 is 1.95 bits per heavy atom. The zero-order valence-corrected chi connectivity index (χ0v) is 11.5. The van der Waals surface area contributed by atoms with Crippen molar-refractivity contribution < 1.29 is 9.50 Å². The summed E-state index contributed by atoms with van der Waals surface area (Å²) in [5.41, 5.74) is 3.52. The molecule has 1 N–H and O–H groups in total. The maximum Gasteiger partial charge on any atom is 0.123 e. The topological polar surface area (TPSA) is 50.9 Å². The van der Waals surface area contributed by atoms with Crippen LogP contribution in [0.25, 0.3) is 16.9 Å². The molecule has 0 saturated heterocycles. The van der Waals surface area contributed by atoms with E-state index in [1.807, 2.05) is 31.2 Å². The van der Waals surface area contributed by atoms with Gasteiger partial charge in [-0.25, -0.2) is 9.07 Å². The average molecular weight is 283 g/mol. The lowest BCUT2D eigenvalue weighted by Crippen LogP contribution is -2.02. The lowest BCUT2D eigenvalue weighted by Gasteiger charge is -2.10. The summed E-state index contributed by atoms with van der Waals surface area (Å²) in [5.74, 6) is -0.339. The highest BCUT2D eigenvalue weighted by Crippen LogP contribution is 2.27. The van der Waals surface area contributed by atoms with E-state index in [0.717, 1.165) is 11.3 Å². The van der Waals surface area contributed by atoms with Crippen molar-refractivity contribution >= 4 is 0 Å². The molecular formula is C16H14FN3O. The summed E-state index contributed by atoms with van der Waals surface area (Å²) in [7, 11) is 0. The van der Waals surface area contributed by atoms with Gasteiger partial charge in [-0.05, 0) is 30.7 Å². The number of hydrogen-bond donors (Lipinski definition) is 1.